The lowest BCUT2D eigenvalue weighted by molar-refractivity contribution is 0.661. The Morgan fingerprint density at radius 2 is 0.836 bits per heavy atom. The molecule has 0 radical (unpaired) electrons. The standard InChI is InChI=1S/C56H47BN4/c1-28-22-30(3)44(31(4)23-28)53-58-49-46-34-16-11-13-18-36(34)55(7,8)38(46)26-40-51(49)60(53)42-20-15-21-43-48(42)57(40)41-27-39-47(35-17-12-14-19-37(35)56(39,9)10)50-52(41)61(43)54(59-50)45-32(5)24-29(2)25-33(45)6/h11-27H,1-10H3. The molecule has 294 valence electrons. The number of rotatable bonds is 2. The van der Waals surface area contributed by atoms with Crippen LogP contribution in [-0.2, 0) is 10.8 Å². The first-order valence-electron chi connectivity index (χ1n) is 22.0. The van der Waals surface area contributed by atoms with Crippen LogP contribution in [0.15, 0.2) is 103 Å². The molecule has 2 aliphatic heterocycles. The summed E-state index contributed by atoms with van der Waals surface area (Å²) in [7, 11) is 0. The van der Waals surface area contributed by atoms with Gasteiger partial charge < -0.3 is 0 Å². The maximum Gasteiger partial charge on any atom is 0.252 e. The SMILES string of the molecule is Cc1cc(C)c(-c2nc3c4c(cc5c3n2-c2cccc3c2B5c2cc5c(c6nc(-c7c(C)cc(C)cc7C)n-3c26)-c2ccccc2C5(C)C)C(C)(C)c2ccccc2-4)c(C)c1. The number of imidazole rings is 2. The Balaban J connectivity index is 1.24. The first-order chi connectivity index (χ1) is 29.3. The second-order valence-electron chi connectivity index (χ2n) is 19.7. The van der Waals surface area contributed by atoms with Gasteiger partial charge in [0.15, 0.2) is 0 Å². The largest absolute Gasteiger partial charge is 0.293 e. The molecule has 0 amide bonds. The van der Waals surface area contributed by atoms with Crippen molar-refractivity contribution in [3.63, 3.8) is 0 Å². The van der Waals surface area contributed by atoms with E-state index < -0.39 is 0 Å². The second kappa shape index (κ2) is 11.3. The highest BCUT2D eigenvalue weighted by atomic mass is 15.1. The van der Waals surface area contributed by atoms with Gasteiger partial charge in [-0.1, -0.05) is 130 Å². The lowest BCUT2D eigenvalue weighted by Gasteiger charge is -2.35. The van der Waals surface area contributed by atoms with Crippen LogP contribution in [0.2, 0.25) is 0 Å². The van der Waals surface area contributed by atoms with E-state index in [1.165, 1.54) is 128 Å². The molecule has 13 rings (SSSR count). The van der Waals surface area contributed by atoms with E-state index in [4.69, 9.17) is 9.97 Å². The predicted molar refractivity (Wildman–Crippen MR) is 255 cm³/mol. The van der Waals surface area contributed by atoms with E-state index in [0.717, 1.165) is 22.7 Å². The molecule has 0 unspecified atom stereocenters. The van der Waals surface area contributed by atoms with Crippen molar-refractivity contribution in [1.82, 2.24) is 19.1 Å². The van der Waals surface area contributed by atoms with Crippen molar-refractivity contribution in [2.75, 3.05) is 0 Å². The molecule has 4 heterocycles. The molecule has 0 fully saturated rings. The van der Waals surface area contributed by atoms with Crippen LogP contribution in [0.3, 0.4) is 0 Å². The zero-order valence-electron chi connectivity index (χ0n) is 36.7. The van der Waals surface area contributed by atoms with Gasteiger partial charge >= 0.3 is 0 Å². The van der Waals surface area contributed by atoms with Gasteiger partial charge in [-0.05, 0) is 126 Å². The van der Waals surface area contributed by atoms with Crippen LogP contribution in [0.5, 0.6) is 0 Å². The summed E-state index contributed by atoms with van der Waals surface area (Å²) in [5.41, 5.74) is 31.3. The predicted octanol–water partition coefficient (Wildman–Crippen LogP) is 11.3. The fraction of sp³-hybridized carbons (Fsp3) is 0.214. The van der Waals surface area contributed by atoms with Crippen LogP contribution in [0, 0.1) is 41.5 Å². The van der Waals surface area contributed by atoms with Gasteiger partial charge in [0.05, 0.1) is 22.1 Å². The van der Waals surface area contributed by atoms with Crippen LogP contribution in [0.4, 0.5) is 0 Å². The van der Waals surface area contributed by atoms with Crippen LogP contribution >= 0.6 is 0 Å². The molecule has 0 N–H and O–H groups in total. The Hall–Kier alpha value is -6.46. The summed E-state index contributed by atoms with van der Waals surface area (Å²) < 4.78 is 5.10. The van der Waals surface area contributed by atoms with Crippen LogP contribution < -0.4 is 16.4 Å². The molecule has 0 saturated carbocycles. The lowest BCUT2D eigenvalue weighted by Crippen LogP contribution is -2.60. The Labute approximate surface area is 358 Å². The third-order valence-corrected chi connectivity index (χ3v) is 15.3. The molecular weight excluding hydrogens is 739 g/mol. The van der Waals surface area contributed by atoms with Crippen molar-refractivity contribution in [1.29, 1.82) is 0 Å². The molecule has 0 atom stereocenters. The minimum atomic E-state index is -0.197. The van der Waals surface area contributed by atoms with Gasteiger partial charge in [0.1, 0.15) is 11.6 Å². The van der Waals surface area contributed by atoms with Crippen LogP contribution in [0.1, 0.15) is 83.3 Å². The number of hydrogen-bond acceptors (Lipinski definition) is 2. The highest BCUT2D eigenvalue weighted by Gasteiger charge is 2.48. The van der Waals surface area contributed by atoms with Gasteiger partial charge in [-0.3, -0.25) is 9.13 Å². The molecule has 0 spiro atoms. The van der Waals surface area contributed by atoms with Crippen molar-refractivity contribution in [3.8, 4) is 56.4 Å². The summed E-state index contributed by atoms with van der Waals surface area (Å²) in [6.07, 6.45) is 0. The molecule has 7 aromatic carbocycles. The molecule has 4 nitrogen and oxygen atoms in total. The first kappa shape index (κ1) is 35.3. The van der Waals surface area contributed by atoms with Gasteiger partial charge in [0.2, 0.25) is 0 Å². The number of hydrogen-bond donors (Lipinski definition) is 0. The molecule has 9 aromatic rings. The van der Waals surface area contributed by atoms with E-state index >= 15 is 0 Å². The topological polar surface area (TPSA) is 35.6 Å². The normalized spacial score (nSPS) is 15.3. The van der Waals surface area contributed by atoms with E-state index in [2.05, 4.69) is 181 Å². The van der Waals surface area contributed by atoms with Crippen molar-refractivity contribution in [2.24, 2.45) is 0 Å². The molecular formula is C56H47BN4. The molecule has 61 heavy (non-hydrogen) atoms. The summed E-state index contributed by atoms with van der Waals surface area (Å²) in [5, 5.41) is 0. The number of nitrogens with zero attached hydrogens (tertiary/aromatic N) is 4. The monoisotopic (exact) mass is 786 g/mol. The average molecular weight is 787 g/mol. The Bertz CT molecular complexity index is 3280. The number of benzene rings is 7. The van der Waals surface area contributed by atoms with E-state index in [1.807, 2.05) is 0 Å². The third-order valence-electron chi connectivity index (χ3n) is 15.3. The minimum absolute atomic E-state index is 0.0275. The lowest BCUT2D eigenvalue weighted by atomic mass is 9.34. The molecule has 2 aliphatic carbocycles. The summed E-state index contributed by atoms with van der Waals surface area (Å²) in [5.74, 6) is 2.04. The zero-order chi connectivity index (χ0) is 41.8. The van der Waals surface area contributed by atoms with E-state index in [1.54, 1.807) is 0 Å². The third kappa shape index (κ3) is 4.13. The van der Waals surface area contributed by atoms with Gasteiger partial charge in [0, 0.05) is 44.5 Å². The van der Waals surface area contributed by atoms with Gasteiger partial charge in [-0.2, -0.15) is 0 Å². The van der Waals surface area contributed by atoms with Crippen molar-refractivity contribution in [2.45, 2.75) is 80.1 Å². The number of fused-ring (bicyclic) bond motifs is 12. The zero-order valence-corrected chi connectivity index (χ0v) is 36.7. The van der Waals surface area contributed by atoms with Crippen molar-refractivity contribution >= 4 is 45.2 Å². The van der Waals surface area contributed by atoms with Crippen LogP contribution in [-0.4, -0.2) is 25.8 Å². The maximum atomic E-state index is 5.89. The Morgan fingerprint density at radius 3 is 1.25 bits per heavy atom. The Kier molecular flexibility index (Phi) is 6.52. The van der Waals surface area contributed by atoms with E-state index in [-0.39, 0.29) is 17.5 Å². The number of aromatic nitrogens is 4. The smallest absolute Gasteiger partial charge is 0.252 e. The summed E-state index contributed by atoms with van der Waals surface area (Å²) >= 11 is 0. The number of aryl methyl sites for hydroxylation is 6. The quantitative estimate of drug-likeness (QED) is 0.164. The molecule has 5 heteroatoms. The maximum absolute atomic E-state index is 5.89. The highest BCUT2D eigenvalue weighted by Crippen LogP contribution is 2.54. The molecule has 4 aliphatic rings. The molecule has 0 saturated heterocycles. The van der Waals surface area contributed by atoms with E-state index in [0.29, 0.717) is 0 Å². The van der Waals surface area contributed by atoms with Gasteiger partial charge in [-0.15, -0.1) is 0 Å². The molecule has 2 aromatic heterocycles. The second-order valence-corrected chi connectivity index (χ2v) is 19.7. The van der Waals surface area contributed by atoms with Crippen molar-refractivity contribution < 1.29 is 0 Å². The first-order valence-corrected chi connectivity index (χ1v) is 22.0. The minimum Gasteiger partial charge on any atom is -0.293 e. The van der Waals surface area contributed by atoms with Crippen molar-refractivity contribution in [3.05, 3.63) is 159 Å². The average Bonchev–Trinajstić information content (AvgIpc) is 3.91. The molecule has 0 bridgehead atoms. The fourth-order valence-electron chi connectivity index (χ4n) is 12.9. The van der Waals surface area contributed by atoms with Gasteiger partial charge in [0.25, 0.3) is 6.71 Å². The van der Waals surface area contributed by atoms with E-state index in [9.17, 15) is 0 Å². The summed E-state index contributed by atoms with van der Waals surface area (Å²) in [4.78, 5) is 11.8. The summed E-state index contributed by atoms with van der Waals surface area (Å²) in [6, 6.07) is 39.6. The fourth-order valence-corrected chi connectivity index (χ4v) is 12.9. The van der Waals surface area contributed by atoms with Gasteiger partial charge in [-0.25, -0.2) is 9.97 Å². The summed E-state index contributed by atoms with van der Waals surface area (Å²) in [6.45, 7) is 23.0. The Morgan fingerprint density at radius 1 is 0.443 bits per heavy atom. The van der Waals surface area contributed by atoms with Crippen LogP contribution in [0.25, 0.3) is 78.5 Å². The highest BCUT2D eigenvalue weighted by molar-refractivity contribution is 7.00.